The van der Waals surface area contributed by atoms with Crippen molar-refractivity contribution in [2.45, 2.75) is 18.6 Å². The fraction of sp³-hybridized carbons (Fsp3) is 0.182. The molecule has 0 bridgehead atoms. The Kier molecular flexibility index (Phi) is 4.28. The molecule has 0 amide bonds. The van der Waals surface area contributed by atoms with E-state index in [4.69, 9.17) is 4.74 Å². The van der Waals surface area contributed by atoms with Crippen molar-refractivity contribution in [2.75, 3.05) is 6.61 Å². The highest BCUT2D eigenvalue weighted by molar-refractivity contribution is 5.78. The second-order valence-electron chi connectivity index (χ2n) is 7.83. The number of rotatable bonds is 2. The lowest BCUT2D eigenvalue weighted by molar-refractivity contribution is -0.137. The average Bonchev–Trinajstić information content (AvgIpc) is 3.38. The standard InChI is InChI=1S/C22H14F4N6O2/c23-13-3-1-2-12-16(6-7-34-18(12)13)32-19-15(29-21(32)33)9-27-20(30-19)31-10-28-14-8-11(22(24,25)26)4-5-17(14)31/h1-5,8-10,16H,6-7H2,(H,29,33)/t16-/m1/s1. The number of aromatic nitrogens is 6. The summed E-state index contributed by atoms with van der Waals surface area (Å²) in [7, 11) is 0. The quantitative estimate of drug-likeness (QED) is 0.394. The molecular weight excluding hydrogens is 456 g/mol. The molecule has 172 valence electrons. The summed E-state index contributed by atoms with van der Waals surface area (Å²) in [6, 6.07) is 7.19. The van der Waals surface area contributed by atoms with Gasteiger partial charge in [0.1, 0.15) is 11.8 Å². The Morgan fingerprint density at radius 1 is 1.15 bits per heavy atom. The molecule has 3 aromatic heterocycles. The monoisotopic (exact) mass is 470 g/mol. The van der Waals surface area contributed by atoms with Crippen molar-refractivity contribution in [3.8, 4) is 11.7 Å². The zero-order valence-electron chi connectivity index (χ0n) is 17.2. The molecule has 1 atom stereocenters. The molecule has 0 unspecified atom stereocenters. The average molecular weight is 470 g/mol. The molecule has 0 fully saturated rings. The predicted octanol–water partition coefficient (Wildman–Crippen LogP) is 3.99. The highest BCUT2D eigenvalue weighted by atomic mass is 19.4. The number of aromatic amines is 1. The van der Waals surface area contributed by atoms with Gasteiger partial charge in [0.05, 0.1) is 35.4 Å². The number of halogens is 4. The molecule has 12 heteroatoms. The summed E-state index contributed by atoms with van der Waals surface area (Å²) < 4.78 is 61.7. The van der Waals surface area contributed by atoms with Gasteiger partial charge in [-0.1, -0.05) is 12.1 Å². The van der Waals surface area contributed by atoms with Crippen LogP contribution in [0.2, 0.25) is 0 Å². The Morgan fingerprint density at radius 2 is 2.00 bits per heavy atom. The van der Waals surface area contributed by atoms with E-state index in [0.717, 1.165) is 12.1 Å². The third kappa shape index (κ3) is 3.05. The van der Waals surface area contributed by atoms with Crippen LogP contribution in [0.25, 0.3) is 28.1 Å². The summed E-state index contributed by atoms with van der Waals surface area (Å²) in [5.41, 5.74) is 0.379. The van der Waals surface area contributed by atoms with Gasteiger partial charge in [-0.25, -0.2) is 19.2 Å². The molecule has 0 saturated heterocycles. The van der Waals surface area contributed by atoms with Gasteiger partial charge in [-0.15, -0.1) is 0 Å². The molecule has 0 spiro atoms. The number of imidazole rings is 2. The topological polar surface area (TPSA) is 90.6 Å². The Bertz CT molecular complexity index is 1630. The van der Waals surface area contributed by atoms with Gasteiger partial charge >= 0.3 is 11.9 Å². The van der Waals surface area contributed by atoms with E-state index >= 15 is 0 Å². The van der Waals surface area contributed by atoms with Crippen LogP contribution in [0.5, 0.6) is 5.75 Å². The SMILES string of the molecule is O=c1[nH]c2cnc(-n3cnc4cc(C(F)(F)F)ccc43)nc2n1[C@@H]1CCOc2c(F)cccc21. The van der Waals surface area contributed by atoms with Crippen molar-refractivity contribution >= 4 is 22.2 Å². The maximum atomic E-state index is 14.3. The summed E-state index contributed by atoms with van der Waals surface area (Å²) in [4.78, 5) is 28.4. The summed E-state index contributed by atoms with van der Waals surface area (Å²) in [6.07, 6.45) is -1.34. The molecule has 4 heterocycles. The van der Waals surface area contributed by atoms with Gasteiger partial charge in [-0.2, -0.15) is 18.2 Å². The fourth-order valence-corrected chi connectivity index (χ4v) is 4.30. The molecule has 6 rings (SSSR count). The van der Waals surface area contributed by atoms with Crippen LogP contribution < -0.4 is 10.4 Å². The van der Waals surface area contributed by atoms with Crippen LogP contribution in [0.4, 0.5) is 17.6 Å². The van der Waals surface area contributed by atoms with E-state index in [1.54, 1.807) is 12.1 Å². The van der Waals surface area contributed by atoms with E-state index in [2.05, 4.69) is 19.9 Å². The van der Waals surface area contributed by atoms with Crippen LogP contribution in [0, 0.1) is 5.82 Å². The van der Waals surface area contributed by atoms with E-state index in [1.807, 2.05) is 0 Å². The maximum absolute atomic E-state index is 14.3. The first-order valence-electron chi connectivity index (χ1n) is 10.2. The first-order chi connectivity index (χ1) is 16.3. The van der Waals surface area contributed by atoms with E-state index in [9.17, 15) is 22.4 Å². The van der Waals surface area contributed by atoms with Crippen molar-refractivity contribution in [2.24, 2.45) is 0 Å². The van der Waals surface area contributed by atoms with Crippen LogP contribution in [0.15, 0.2) is 53.7 Å². The number of nitrogens with one attached hydrogen (secondary N) is 1. The molecule has 34 heavy (non-hydrogen) atoms. The number of H-pyrrole nitrogens is 1. The van der Waals surface area contributed by atoms with E-state index < -0.39 is 29.3 Å². The van der Waals surface area contributed by atoms with Gasteiger partial charge in [-0.05, 0) is 24.3 Å². The molecule has 2 aromatic carbocycles. The maximum Gasteiger partial charge on any atom is 0.416 e. The summed E-state index contributed by atoms with van der Waals surface area (Å²) >= 11 is 0. The summed E-state index contributed by atoms with van der Waals surface area (Å²) in [6.45, 7) is 0.212. The van der Waals surface area contributed by atoms with Crippen LogP contribution in [-0.2, 0) is 6.18 Å². The summed E-state index contributed by atoms with van der Waals surface area (Å²) in [5.74, 6) is -0.307. The van der Waals surface area contributed by atoms with Crippen molar-refractivity contribution in [3.63, 3.8) is 0 Å². The third-order valence-electron chi connectivity index (χ3n) is 5.84. The minimum Gasteiger partial charge on any atom is -0.490 e. The predicted molar refractivity (Wildman–Crippen MR) is 112 cm³/mol. The fourth-order valence-electron chi connectivity index (χ4n) is 4.30. The van der Waals surface area contributed by atoms with Crippen LogP contribution in [0.3, 0.4) is 0 Å². The number of fused-ring (bicyclic) bond motifs is 3. The first kappa shape index (κ1) is 20.4. The molecule has 0 radical (unpaired) electrons. The normalized spacial score (nSPS) is 16.1. The smallest absolute Gasteiger partial charge is 0.416 e. The molecule has 1 aliphatic heterocycles. The van der Waals surface area contributed by atoms with Crippen LogP contribution in [0.1, 0.15) is 23.6 Å². The van der Waals surface area contributed by atoms with Gasteiger partial charge in [-0.3, -0.25) is 9.13 Å². The van der Waals surface area contributed by atoms with Gasteiger partial charge in [0.2, 0.25) is 5.95 Å². The van der Waals surface area contributed by atoms with Gasteiger partial charge in [0, 0.05) is 12.0 Å². The minimum absolute atomic E-state index is 0.0929. The lowest BCUT2D eigenvalue weighted by atomic mass is 10.00. The van der Waals surface area contributed by atoms with Crippen LogP contribution >= 0.6 is 0 Å². The van der Waals surface area contributed by atoms with Gasteiger partial charge in [0.25, 0.3) is 0 Å². The Hall–Kier alpha value is -4.22. The van der Waals surface area contributed by atoms with Gasteiger partial charge in [0.15, 0.2) is 17.2 Å². The number of hydrogen-bond acceptors (Lipinski definition) is 5. The zero-order chi connectivity index (χ0) is 23.6. The van der Waals surface area contributed by atoms with Crippen molar-refractivity contribution in [3.05, 3.63) is 76.4 Å². The lowest BCUT2D eigenvalue weighted by Gasteiger charge is -2.26. The number of para-hydroxylation sites is 1. The Labute approximate surface area is 187 Å². The van der Waals surface area contributed by atoms with Crippen LogP contribution in [-0.4, -0.2) is 35.7 Å². The van der Waals surface area contributed by atoms with Crippen molar-refractivity contribution in [1.82, 2.24) is 29.1 Å². The summed E-state index contributed by atoms with van der Waals surface area (Å²) in [5, 5.41) is 0. The van der Waals surface area contributed by atoms with E-state index in [-0.39, 0.29) is 29.5 Å². The minimum atomic E-state index is -4.49. The van der Waals surface area contributed by atoms with Crippen molar-refractivity contribution < 1.29 is 22.3 Å². The zero-order valence-corrected chi connectivity index (χ0v) is 17.2. The number of ether oxygens (including phenoxy) is 1. The second-order valence-corrected chi connectivity index (χ2v) is 7.83. The van der Waals surface area contributed by atoms with Crippen molar-refractivity contribution in [1.29, 1.82) is 0 Å². The molecular formula is C22H14F4N6O2. The van der Waals surface area contributed by atoms with E-state index in [0.29, 0.717) is 23.0 Å². The largest absolute Gasteiger partial charge is 0.490 e. The Morgan fingerprint density at radius 3 is 2.82 bits per heavy atom. The molecule has 1 N–H and O–H groups in total. The number of benzene rings is 2. The number of alkyl halides is 3. The second kappa shape index (κ2) is 7.14. The van der Waals surface area contributed by atoms with E-state index in [1.165, 1.54) is 33.8 Å². The number of hydrogen-bond donors (Lipinski definition) is 1. The first-order valence-corrected chi connectivity index (χ1v) is 10.2. The highest BCUT2D eigenvalue weighted by Crippen LogP contribution is 2.37. The van der Waals surface area contributed by atoms with Gasteiger partial charge < -0.3 is 9.72 Å². The third-order valence-corrected chi connectivity index (χ3v) is 5.84. The lowest BCUT2D eigenvalue weighted by Crippen LogP contribution is -2.28. The Balaban J connectivity index is 1.50. The molecule has 0 aliphatic carbocycles. The number of nitrogens with zero attached hydrogens (tertiary/aromatic N) is 5. The highest BCUT2D eigenvalue weighted by Gasteiger charge is 2.31. The molecule has 8 nitrogen and oxygen atoms in total. The molecule has 1 aliphatic rings. The molecule has 5 aromatic rings. The molecule has 0 saturated carbocycles.